The van der Waals surface area contributed by atoms with E-state index in [1.807, 2.05) is 60.4 Å². The number of fused-ring (bicyclic) bond motifs is 4. The third kappa shape index (κ3) is 3.93. The quantitative estimate of drug-likeness (QED) is 0.504. The standard InChI is InChI=1S/C23H27N3O4S/c1-23-19(21(27)24-15-9-11-16(29-3)12-10-15)20(17-7-4-5-8-18(17)30-23)25-22(31)26(23)13-6-14-28-2/h4-5,7-12,19-20H,6,13-14H2,1-3H3,(H,24,27)(H,25,31)/t19-,20+,23+/m0/s1. The van der Waals surface area contributed by atoms with E-state index in [0.717, 1.165) is 23.5 Å². The lowest BCUT2D eigenvalue weighted by Crippen LogP contribution is -2.71. The molecule has 0 unspecified atom stereocenters. The van der Waals surface area contributed by atoms with E-state index in [1.165, 1.54) is 0 Å². The maximum atomic E-state index is 13.6. The van der Waals surface area contributed by atoms with Crippen LogP contribution in [0.25, 0.3) is 0 Å². The summed E-state index contributed by atoms with van der Waals surface area (Å²) in [4.78, 5) is 15.5. The lowest BCUT2D eigenvalue weighted by atomic mass is 9.78. The van der Waals surface area contributed by atoms with Gasteiger partial charge in [-0.25, -0.2) is 0 Å². The first-order chi connectivity index (χ1) is 15.0. The molecule has 2 heterocycles. The number of anilines is 1. The third-order valence-corrected chi connectivity index (χ3v) is 6.25. The first kappa shape index (κ1) is 21.4. The SMILES string of the molecule is COCCCN1C(=S)N[C@@H]2c3ccccc3O[C@]1(C)[C@@H]2C(=O)Nc1ccc(OC)cc1. The van der Waals surface area contributed by atoms with Crippen LogP contribution in [0.5, 0.6) is 11.5 Å². The predicted molar refractivity (Wildman–Crippen MR) is 122 cm³/mol. The topological polar surface area (TPSA) is 72.1 Å². The Labute approximate surface area is 187 Å². The molecule has 0 aliphatic carbocycles. The predicted octanol–water partition coefficient (Wildman–Crippen LogP) is 3.33. The molecule has 164 valence electrons. The Morgan fingerprint density at radius 1 is 1.23 bits per heavy atom. The second-order valence-corrected chi connectivity index (χ2v) is 8.20. The molecule has 2 aromatic carbocycles. The van der Waals surface area contributed by atoms with E-state index < -0.39 is 11.6 Å². The van der Waals surface area contributed by atoms with Gasteiger partial charge in [-0.1, -0.05) is 18.2 Å². The fraction of sp³-hybridized carbons (Fsp3) is 0.391. The van der Waals surface area contributed by atoms with Gasteiger partial charge in [0, 0.05) is 31.5 Å². The molecule has 0 aromatic heterocycles. The summed E-state index contributed by atoms with van der Waals surface area (Å²) in [6.07, 6.45) is 0.760. The fourth-order valence-corrected chi connectivity index (χ4v) is 4.78. The summed E-state index contributed by atoms with van der Waals surface area (Å²) in [6.45, 7) is 3.14. The van der Waals surface area contributed by atoms with Crippen LogP contribution < -0.4 is 20.1 Å². The van der Waals surface area contributed by atoms with Crippen molar-refractivity contribution in [1.82, 2.24) is 10.2 Å². The van der Waals surface area contributed by atoms with Crippen LogP contribution in [0.1, 0.15) is 24.9 Å². The molecule has 4 rings (SSSR count). The second-order valence-electron chi connectivity index (χ2n) is 7.82. The van der Waals surface area contributed by atoms with E-state index in [-0.39, 0.29) is 11.9 Å². The van der Waals surface area contributed by atoms with E-state index in [4.69, 9.17) is 26.4 Å². The van der Waals surface area contributed by atoms with Crippen molar-refractivity contribution in [3.63, 3.8) is 0 Å². The molecule has 3 atom stereocenters. The van der Waals surface area contributed by atoms with Crippen molar-refractivity contribution >= 4 is 28.9 Å². The normalized spacial score (nSPS) is 24.0. The third-order valence-electron chi connectivity index (χ3n) is 5.91. The van der Waals surface area contributed by atoms with Crippen LogP contribution in [0.4, 0.5) is 5.69 Å². The number of carbonyl (C=O) groups is 1. The van der Waals surface area contributed by atoms with Crippen molar-refractivity contribution in [2.24, 2.45) is 5.92 Å². The minimum atomic E-state index is -0.939. The van der Waals surface area contributed by atoms with Crippen molar-refractivity contribution in [2.75, 3.05) is 32.7 Å². The smallest absolute Gasteiger partial charge is 0.236 e. The molecule has 2 aliphatic rings. The molecule has 0 radical (unpaired) electrons. The molecule has 0 spiro atoms. The van der Waals surface area contributed by atoms with Gasteiger partial charge >= 0.3 is 0 Å². The Hall–Kier alpha value is -2.84. The van der Waals surface area contributed by atoms with Gasteiger partial charge in [0.1, 0.15) is 17.4 Å². The fourth-order valence-electron chi connectivity index (χ4n) is 4.38. The molecule has 2 aromatic rings. The van der Waals surface area contributed by atoms with Gasteiger partial charge in [-0.3, -0.25) is 4.79 Å². The molecule has 1 fully saturated rings. The molecule has 31 heavy (non-hydrogen) atoms. The molecule has 7 nitrogen and oxygen atoms in total. The monoisotopic (exact) mass is 441 g/mol. The van der Waals surface area contributed by atoms with Gasteiger partial charge in [-0.2, -0.15) is 0 Å². The van der Waals surface area contributed by atoms with Crippen molar-refractivity contribution < 1.29 is 19.0 Å². The zero-order chi connectivity index (χ0) is 22.0. The summed E-state index contributed by atoms with van der Waals surface area (Å²) in [6, 6.07) is 14.8. The van der Waals surface area contributed by atoms with Crippen LogP contribution in [-0.4, -0.2) is 49.0 Å². The number of carbonyl (C=O) groups excluding carboxylic acids is 1. The lowest BCUT2D eigenvalue weighted by Gasteiger charge is -2.56. The van der Waals surface area contributed by atoms with E-state index in [1.54, 1.807) is 14.2 Å². The minimum Gasteiger partial charge on any atom is -0.497 e. The van der Waals surface area contributed by atoms with Crippen LogP contribution in [0.15, 0.2) is 48.5 Å². The van der Waals surface area contributed by atoms with Gasteiger partial charge < -0.3 is 29.7 Å². The number of thiocarbonyl (C=S) groups is 1. The Balaban J connectivity index is 1.68. The maximum Gasteiger partial charge on any atom is 0.236 e. The van der Waals surface area contributed by atoms with E-state index in [2.05, 4.69) is 10.6 Å². The van der Waals surface area contributed by atoms with Crippen molar-refractivity contribution in [3.8, 4) is 11.5 Å². The second kappa shape index (κ2) is 8.72. The first-order valence-corrected chi connectivity index (χ1v) is 10.7. The van der Waals surface area contributed by atoms with Gasteiger partial charge in [0.05, 0.1) is 13.2 Å². The summed E-state index contributed by atoms with van der Waals surface area (Å²) < 4.78 is 16.9. The van der Waals surface area contributed by atoms with Crippen molar-refractivity contribution in [2.45, 2.75) is 25.1 Å². The highest BCUT2D eigenvalue weighted by Crippen LogP contribution is 2.48. The number of para-hydroxylation sites is 1. The lowest BCUT2D eigenvalue weighted by molar-refractivity contribution is -0.149. The Bertz CT molecular complexity index is 968. The van der Waals surface area contributed by atoms with Crippen LogP contribution in [0.2, 0.25) is 0 Å². The van der Waals surface area contributed by atoms with Gasteiger partial charge in [0.25, 0.3) is 0 Å². The van der Waals surface area contributed by atoms with E-state index >= 15 is 0 Å². The Morgan fingerprint density at radius 2 is 1.97 bits per heavy atom. The molecule has 2 N–H and O–H groups in total. The highest BCUT2D eigenvalue weighted by Gasteiger charge is 2.58. The average Bonchev–Trinajstić information content (AvgIpc) is 2.76. The molecule has 1 saturated heterocycles. The summed E-state index contributed by atoms with van der Waals surface area (Å²) in [5.41, 5.74) is 0.680. The number of ether oxygens (including phenoxy) is 3. The van der Waals surface area contributed by atoms with Crippen molar-refractivity contribution in [3.05, 3.63) is 54.1 Å². The summed E-state index contributed by atoms with van der Waals surface area (Å²) >= 11 is 5.68. The zero-order valence-corrected chi connectivity index (χ0v) is 18.7. The van der Waals surface area contributed by atoms with Gasteiger partial charge in [0.2, 0.25) is 5.91 Å². The first-order valence-electron chi connectivity index (χ1n) is 10.3. The Morgan fingerprint density at radius 3 is 2.68 bits per heavy atom. The van der Waals surface area contributed by atoms with Crippen LogP contribution in [0.3, 0.4) is 0 Å². The van der Waals surface area contributed by atoms with Gasteiger partial charge in [0.15, 0.2) is 10.8 Å². The molecule has 2 bridgehead atoms. The Kier molecular flexibility index (Phi) is 6.02. The zero-order valence-electron chi connectivity index (χ0n) is 17.9. The molecule has 0 saturated carbocycles. The van der Waals surface area contributed by atoms with Crippen LogP contribution in [-0.2, 0) is 9.53 Å². The van der Waals surface area contributed by atoms with Gasteiger partial charge in [-0.05, 0) is 55.9 Å². The number of amides is 1. The molecular formula is C23H27N3O4S. The molecular weight excluding hydrogens is 414 g/mol. The number of benzene rings is 2. The number of hydrogen-bond donors (Lipinski definition) is 2. The summed E-state index contributed by atoms with van der Waals surface area (Å²) in [5, 5.41) is 7.01. The van der Waals surface area contributed by atoms with Gasteiger partial charge in [-0.15, -0.1) is 0 Å². The molecule has 1 amide bonds. The minimum absolute atomic E-state index is 0.140. The number of methoxy groups -OCH3 is 2. The number of nitrogens with one attached hydrogen (secondary N) is 2. The summed E-state index contributed by atoms with van der Waals surface area (Å²) in [5.74, 6) is 0.820. The summed E-state index contributed by atoms with van der Waals surface area (Å²) in [7, 11) is 3.28. The van der Waals surface area contributed by atoms with Crippen molar-refractivity contribution in [1.29, 1.82) is 0 Å². The van der Waals surface area contributed by atoms with E-state index in [9.17, 15) is 4.79 Å². The van der Waals surface area contributed by atoms with Crippen LogP contribution >= 0.6 is 12.2 Å². The maximum absolute atomic E-state index is 13.6. The number of rotatable bonds is 7. The largest absolute Gasteiger partial charge is 0.497 e. The average molecular weight is 442 g/mol. The number of hydrogen-bond acceptors (Lipinski definition) is 5. The highest BCUT2D eigenvalue weighted by atomic mass is 32.1. The van der Waals surface area contributed by atoms with Crippen LogP contribution in [0, 0.1) is 5.92 Å². The van der Waals surface area contributed by atoms with E-state index in [0.29, 0.717) is 24.0 Å². The molecule has 2 aliphatic heterocycles. The highest BCUT2D eigenvalue weighted by molar-refractivity contribution is 7.80. The molecule has 8 heteroatoms. The number of nitrogens with zero attached hydrogens (tertiary/aromatic N) is 1.